The minimum absolute atomic E-state index is 0.00828. The Balaban J connectivity index is 1.98. The number of halogens is 1. The van der Waals surface area contributed by atoms with Crippen LogP contribution in [0.1, 0.15) is 31.2 Å². The Bertz CT molecular complexity index is 403. The van der Waals surface area contributed by atoms with Gasteiger partial charge >= 0.3 is 0 Å². The Hall–Kier alpha value is -1.22. The zero-order valence-electron chi connectivity index (χ0n) is 10.3. The number of alkyl halides is 1. The first-order valence-corrected chi connectivity index (χ1v) is 6.90. The summed E-state index contributed by atoms with van der Waals surface area (Å²) in [5, 5.41) is 2.76. The SMILES string of the molecule is O=C(CCl)NCc1ccccc1OC1CCCC1. The highest BCUT2D eigenvalue weighted by Crippen LogP contribution is 2.26. The van der Waals surface area contributed by atoms with Gasteiger partial charge in [0.25, 0.3) is 0 Å². The van der Waals surface area contributed by atoms with E-state index in [1.165, 1.54) is 12.8 Å². The fourth-order valence-electron chi connectivity index (χ4n) is 2.19. The molecule has 0 aliphatic heterocycles. The predicted octanol–water partition coefficient (Wildman–Crippen LogP) is 2.86. The van der Waals surface area contributed by atoms with Gasteiger partial charge in [-0.15, -0.1) is 11.6 Å². The fourth-order valence-corrected chi connectivity index (χ4v) is 2.29. The average molecular weight is 268 g/mol. The summed E-state index contributed by atoms with van der Waals surface area (Å²) in [5.41, 5.74) is 1.00. The van der Waals surface area contributed by atoms with Crippen molar-refractivity contribution in [3.63, 3.8) is 0 Å². The Morgan fingerprint density at radius 1 is 1.33 bits per heavy atom. The molecule has 1 amide bonds. The third-order valence-electron chi connectivity index (χ3n) is 3.17. The van der Waals surface area contributed by atoms with Crippen molar-refractivity contribution >= 4 is 17.5 Å². The van der Waals surface area contributed by atoms with E-state index in [-0.39, 0.29) is 11.8 Å². The van der Waals surface area contributed by atoms with E-state index in [9.17, 15) is 4.79 Å². The third kappa shape index (κ3) is 3.64. The molecule has 2 rings (SSSR count). The maximum Gasteiger partial charge on any atom is 0.235 e. The zero-order chi connectivity index (χ0) is 12.8. The van der Waals surface area contributed by atoms with Crippen LogP contribution in [0.3, 0.4) is 0 Å². The highest BCUT2D eigenvalue weighted by Gasteiger charge is 2.17. The molecule has 3 nitrogen and oxygen atoms in total. The van der Waals surface area contributed by atoms with Gasteiger partial charge in [-0.1, -0.05) is 18.2 Å². The standard InChI is InChI=1S/C14H18ClNO2/c15-9-14(17)16-10-11-5-1-4-8-13(11)18-12-6-2-3-7-12/h1,4-5,8,12H,2-3,6-7,9-10H2,(H,16,17). The van der Waals surface area contributed by atoms with Gasteiger partial charge < -0.3 is 10.1 Å². The van der Waals surface area contributed by atoms with E-state index in [4.69, 9.17) is 16.3 Å². The molecule has 0 bridgehead atoms. The summed E-state index contributed by atoms with van der Waals surface area (Å²) >= 11 is 5.45. The molecule has 98 valence electrons. The molecule has 1 aromatic carbocycles. The fraction of sp³-hybridized carbons (Fsp3) is 0.500. The van der Waals surface area contributed by atoms with Crippen LogP contribution in [0.25, 0.3) is 0 Å². The van der Waals surface area contributed by atoms with Crippen molar-refractivity contribution in [2.75, 3.05) is 5.88 Å². The highest BCUT2D eigenvalue weighted by atomic mass is 35.5. The monoisotopic (exact) mass is 267 g/mol. The smallest absolute Gasteiger partial charge is 0.235 e. The normalized spacial score (nSPS) is 15.6. The van der Waals surface area contributed by atoms with Gasteiger partial charge in [0.15, 0.2) is 0 Å². The highest BCUT2D eigenvalue weighted by molar-refractivity contribution is 6.27. The molecule has 0 atom stereocenters. The Labute approximate surface area is 112 Å². The van der Waals surface area contributed by atoms with Gasteiger partial charge in [-0.25, -0.2) is 0 Å². The van der Waals surface area contributed by atoms with E-state index in [0.717, 1.165) is 24.2 Å². The van der Waals surface area contributed by atoms with Crippen LogP contribution < -0.4 is 10.1 Å². The molecule has 0 spiro atoms. The Kier molecular flexibility index (Phi) is 4.88. The van der Waals surface area contributed by atoms with Crippen molar-refractivity contribution in [2.45, 2.75) is 38.3 Å². The second kappa shape index (κ2) is 6.64. The van der Waals surface area contributed by atoms with Crippen LogP contribution in [0, 0.1) is 0 Å². The topological polar surface area (TPSA) is 38.3 Å². The number of ether oxygens (including phenoxy) is 1. The van der Waals surface area contributed by atoms with Crippen molar-refractivity contribution < 1.29 is 9.53 Å². The van der Waals surface area contributed by atoms with Crippen LogP contribution in [0.4, 0.5) is 0 Å². The molecule has 1 fully saturated rings. The Morgan fingerprint density at radius 2 is 2.06 bits per heavy atom. The predicted molar refractivity (Wildman–Crippen MR) is 71.9 cm³/mol. The third-order valence-corrected chi connectivity index (χ3v) is 3.41. The van der Waals surface area contributed by atoms with Gasteiger partial charge in [0, 0.05) is 12.1 Å². The molecule has 18 heavy (non-hydrogen) atoms. The number of hydrogen-bond donors (Lipinski definition) is 1. The summed E-state index contributed by atoms with van der Waals surface area (Å²) in [4.78, 5) is 11.2. The molecule has 0 radical (unpaired) electrons. The second-order valence-corrected chi connectivity index (χ2v) is 4.81. The summed E-state index contributed by atoms with van der Waals surface area (Å²) in [5.74, 6) is 0.706. The van der Waals surface area contributed by atoms with E-state index in [1.807, 2.05) is 24.3 Å². The summed E-state index contributed by atoms with van der Waals surface area (Å²) in [6, 6.07) is 7.83. The van der Waals surface area contributed by atoms with Crippen LogP contribution in [0.2, 0.25) is 0 Å². The maximum absolute atomic E-state index is 11.2. The van der Waals surface area contributed by atoms with Gasteiger partial charge in [0.1, 0.15) is 11.6 Å². The number of hydrogen-bond acceptors (Lipinski definition) is 2. The van der Waals surface area contributed by atoms with Gasteiger partial charge in [-0.3, -0.25) is 4.79 Å². The molecule has 0 unspecified atom stereocenters. The van der Waals surface area contributed by atoms with Crippen molar-refractivity contribution in [1.29, 1.82) is 0 Å². The zero-order valence-corrected chi connectivity index (χ0v) is 11.1. The lowest BCUT2D eigenvalue weighted by Crippen LogP contribution is -2.24. The molecule has 1 N–H and O–H groups in total. The van der Waals surface area contributed by atoms with Crippen molar-refractivity contribution in [2.24, 2.45) is 0 Å². The first-order chi connectivity index (χ1) is 8.79. The molecule has 0 saturated heterocycles. The van der Waals surface area contributed by atoms with Crippen LogP contribution >= 0.6 is 11.6 Å². The van der Waals surface area contributed by atoms with Crippen molar-refractivity contribution in [1.82, 2.24) is 5.32 Å². The number of amides is 1. The van der Waals surface area contributed by atoms with Gasteiger partial charge in [-0.05, 0) is 31.7 Å². The number of carbonyl (C=O) groups excluding carboxylic acids is 1. The van der Waals surface area contributed by atoms with E-state index in [2.05, 4.69) is 5.32 Å². The number of carbonyl (C=O) groups is 1. The lowest BCUT2D eigenvalue weighted by molar-refractivity contribution is -0.118. The molecule has 1 aliphatic rings. The van der Waals surface area contributed by atoms with E-state index < -0.39 is 0 Å². The van der Waals surface area contributed by atoms with E-state index in [1.54, 1.807) is 0 Å². The summed E-state index contributed by atoms with van der Waals surface area (Å²) in [6.07, 6.45) is 5.08. The molecular weight excluding hydrogens is 250 g/mol. The average Bonchev–Trinajstić information content (AvgIpc) is 2.90. The maximum atomic E-state index is 11.2. The molecule has 0 aromatic heterocycles. The Morgan fingerprint density at radius 3 is 2.78 bits per heavy atom. The van der Waals surface area contributed by atoms with Crippen molar-refractivity contribution in [3.05, 3.63) is 29.8 Å². The van der Waals surface area contributed by atoms with Gasteiger partial charge in [0.05, 0.1) is 6.10 Å². The van der Waals surface area contributed by atoms with Gasteiger partial charge in [-0.2, -0.15) is 0 Å². The quantitative estimate of drug-likeness (QED) is 0.833. The first-order valence-electron chi connectivity index (χ1n) is 6.37. The molecule has 1 saturated carbocycles. The first kappa shape index (κ1) is 13.2. The molecular formula is C14H18ClNO2. The van der Waals surface area contributed by atoms with Crippen LogP contribution in [0.5, 0.6) is 5.75 Å². The summed E-state index contributed by atoms with van der Waals surface area (Å²) in [7, 11) is 0. The number of benzene rings is 1. The minimum atomic E-state index is -0.160. The second-order valence-electron chi connectivity index (χ2n) is 4.54. The number of para-hydroxylation sites is 1. The number of nitrogens with one attached hydrogen (secondary N) is 1. The van der Waals surface area contributed by atoms with E-state index in [0.29, 0.717) is 12.6 Å². The van der Waals surface area contributed by atoms with Crippen LogP contribution in [-0.2, 0) is 11.3 Å². The lowest BCUT2D eigenvalue weighted by Gasteiger charge is -2.16. The molecule has 0 heterocycles. The molecule has 1 aliphatic carbocycles. The largest absolute Gasteiger partial charge is 0.490 e. The van der Waals surface area contributed by atoms with Crippen LogP contribution in [-0.4, -0.2) is 17.9 Å². The van der Waals surface area contributed by atoms with Crippen molar-refractivity contribution in [3.8, 4) is 5.75 Å². The van der Waals surface area contributed by atoms with Crippen LogP contribution in [0.15, 0.2) is 24.3 Å². The van der Waals surface area contributed by atoms with Gasteiger partial charge in [0.2, 0.25) is 5.91 Å². The summed E-state index contributed by atoms with van der Waals surface area (Å²) < 4.78 is 5.99. The van der Waals surface area contributed by atoms with E-state index >= 15 is 0 Å². The summed E-state index contributed by atoms with van der Waals surface area (Å²) in [6.45, 7) is 0.467. The minimum Gasteiger partial charge on any atom is -0.490 e. The number of rotatable bonds is 5. The molecule has 1 aromatic rings. The molecule has 4 heteroatoms. The lowest BCUT2D eigenvalue weighted by atomic mass is 10.2.